The molecule has 0 saturated heterocycles. The maximum Gasteiger partial charge on any atom is 0.407 e. The van der Waals surface area contributed by atoms with Crippen molar-refractivity contribution < 1.29 is 23.5 Å². The van der Waals surface area contributed by atoms with Gasteiger partial charge in [0.2, 0.25) is 0 Å². The van der Waals surface area contributed by atoms with Crippen molar-refractivity contribution in [3.05, 3.63) is 41.2 Å². The maximum absolute atomic E-state index is 14.1. The third-order valence-electron chi connectivity index (χ3n) is 2.71. The molecular weight excluding hydrogens is 301 g/mol. The van der Waals surface area contributed by atoms with Crippen LogP contribution in [0.15, 0.2) is 24.3 Å². The van der Waals surface area contributed by atoms with Crippen LogP contribution in [0.4, 0.5) is 9.18 Å². The third-order valence-corrected chi connectivity index (χ3v) is 2.71. The van der Waals surface area contributed by atoms with Crippen LogP contribution in [0.25, 0.3) is 6.08 Å². The van der Waals surface area contributed by atoms with Crippen LogP contribution >= 0.6 is 0 Å². The van der Waals surface area contributed by atoms with Gasteiger partial charge in [-0.1, -0.05) is 24.3 Å². The largest absolute Gasteiger partial charge is 0.465 e. The fraction of sp³-hybridized carbons (Fsp3) is 0.412. The molecule has 0 saturated carbocycles. The van der Waals surface area contributed by atoms with E-state index in [0.717, 1.165) is 0 Å². The molecule has 6 heteroatoms. The van der Waals surface area contributed by atoms with Gasteiger partial charge in [-0.3, -0.25) is 0 Å². The Morgan fingerprint density at radius 2 is 2.00 bits per heavy atom. The Labute approximate surface area is 135 Å². The number of carbonyl (C=O) groups is 2. The first-order chi connectivity index (χ1) is 10.7. The van der Waals surface area contributed by atoms with Crippen molar-refractivity contribution in [3.8, 4) is 0 Å². The minimum Gasteiger partial charge on any atom is -0.465 e. The molecule has 1 aromatic carbocycles. The van der Waals surface area contributed by atoms with E-state index in [4.69, 9.17) is 4.74 Å². The molecule has 1 aromatic rings. The second-order valence-electron chi connectivity index (χ2n) is 5.82. The van der Waals surface area contributed by atoms with Crippen molar-refractivity contribution in [2.45, 2.75) is 32.8 Å². The number of hydrogen-bond acceptors (Lipinski definition) is 4. The van der Waals surface area contributed by atoms with E-state index in [0.29, 0.717) is 13.0 Å². The molecule has 1 rings (SSSR count). The van der Waals surface area contributed by atoms with Gasteiger partial charge in [-0.05, 0) is 33.3 Å². The van der Waals surface area contributed by atoms with E-state index >= 15 is 0 Å². The summed E-state index contributed by atoms with van der Waals surface area (Å²) in [6, 6.07) is 4.50. The van der Waals surface area contributed by atoms with Crippen molar-refractivity contribution in [3.63, 3.8) is 0 Å². The van der Waals surface area contributed by atoms with Crippen LogP contribution < -0.4 is 5.32 Å². The van der Waals surface area contributed by atoms with Crippen LogP contribution in [0.1, 0.15) is 43.1 Å². The average Bonchev–Trinajstić information content (AvgIpc) is 2.46. The van der Waals surface area contributed by atoms with Crippen molar-refractivity contribution in [1.29, 1.82) is 0 Å². The summed E-state index contributed by atoms with van der Waals surface area (Å²) in [6.07, 6.45) is 3.26. The van der Waals surface area contributed by atoms with E-state index in [1.165, 1.54) is 13.2 Å². The zero-order chi connectivity index (χ0) is 17.5. The van der Waals surface area contributed by atoms with E-state index in [1.807, 2.05) is 0 Å². The zero-order valence-electron chi connectivity index (χ0n) is 13.8. The van der Waals surface area contributed by atoms with Gasteiger partial charge in [0.05, 0.1) is 12.7 Å². The summed E-state index contributed by atoms with van der Waals surface area (Å²) in [7, 11) is 1.20. The van der Waals surface area contributed by atoms with E-state index in [1.54, 1.807) is 45.1 Å². The Kier molecular flexibility index (Phi) is 6.75. The number of nitrogens with one attached hydrogen (secondary N) is 1. The fourth-order valence-electron chi connectivity index (χ4n) is 1.73. The van der Waals surface area contributed by atoms with E-state index < -0.39 is 23.5 Å². The molecule has 0 unspecified atom stereocenters. The number of ether oxygens (including phenoxy) is 2. The summed E-state index contributed by atoms with van der Waals surface area (Å²) in [6.45, 7) is 5.71. The molecule has 126 valence electrons. The van der Waals surface area contributed by atoms with Gasteiger partial charge in [-0.25, -0.2) is 14.0 Å². The number of rotatable bonds is 5. The summed E-state index contributed by atoms with van der Waals surface area (Å²) >= 11 is 0. The van der Waals surface area contributed by atoms with E-state index in [-0.39, 0.29) is 11.1 Å². The summed E-state index contributed by atoms with van der Waals surface area (Å²) in [5.74, 6) is -1.35. The standard InChI is InChI=1S/C17H22FNO4/c1-17(2,3)23-16(21)19-11-6-5-8-12-9-7-10-13(14(12)18)15(20)22-4/h5,7-10H,6,11H2,1-4H3,(H,19,21). The van der Waals surface area contributed by atoms with Crippen molar-refractivity contribution in [2.75, 3.05) is 13.7 Å². The molecule has 5 nitrogen and oxygen atoms in total. The number of esters is 1. The molecule has 0 fully saturated rings. The average molecular weight is 323 g/mol. The number of hydrogen-bond donors (Lipinski definition) is 1. The normalized spacial score (nSPS) is 11.3. The highest BCUT2D eigenvalue weighted by molar-refractivity contribution is 5.90. The van der Waals surface area contributed by atoms with Crippen molar-refractivity contribution in [2.24, 2.45) is 0 Å². The lowest BCUT2D eigenvalue weighted by molar-refractivity contribution is 0.0527. The van der Waals surface area contributed by atoms with Gasteiger partial charge in [0.25, 0.3) is 0 Å². The lowest BCUT2D eigenvalue weighted by Gasteiger charge is -2.19. The fourth-order valence-corrected chi connectivity index (χ4v) is 1.73. The van der Waals surface area contributed by atoms with Gasteiger partial charge in [-0.2, -0.15) is 0 Å². The lowest BCUT2D eigenvalue weighted by atomic mass is 10.1. The van der Waals surface area contributed by atoms with Crippen LogP contribution in [0.2, 0.25) is 0 Å². The van der Waals surface area contributed by atoms with E-state index in [9.17, 15) is 14.0 Å². The number of carbonyl (C=O) groups excluding carboxylic acids is 2. The molecule has 0 aliphatic heterocycles. The second kappa shape index (κ2) is 8.31. The quantitative estimate of drug-likeness (QED) is 0.665. The lowest BCUT2D eigenvalue weighted by Crippen LogP contribution is -2.32. The van der Waals surface area contributed by atoms with Crippen LogP contribution in [0.3, 0.4) is 0 Å². The minimum atomic E-state index is -0.718. The molecule has 0 radical (unpaired) electrons. The summed E-state index contributed by atoms with van der Waals surface area (Å²) in [4.78, 5) is 22.8. The molecule has 0 spiro atoms. The molecule has 0 aliphatic carbocycles. The highest BCUT2D eigenvalue weighted by Gasteiger charge is 2.15. The Bertz CT molecular complexity index is 591. The smallest absolute Gasteiger partial charge is 0.407 e. The zero-order valence-corrected chi connectivity index (χ0v) is 13.8. The van der Waals surface area contributed by atoms with Gasteiger partial charge in [0, 0.05) is 12.1 Å². The summed E-state index contributed by atoms with van der Waals surface area (Å²) in [5.41, 5.74) is -0.371. The Morgan fingerprint density at radius 1 is 1.30 bits per heavy atom. The summed E-state index contributed by atoms with van der Waals surface area (Å²) < 4.78 is 23.7. The predicted molar refractivity (Wildman–Crippen MR) is 85.6 cm³/mol. The number of amides is 1. The van der Waals surface area contributed by atoms with Gasteiger partial charge in [0.1, 0.15) is 11.4 Å². The molecule has 0 aliphatic rings. The van der Waals surface area contributed by atoms with Gasteiger partial charge in [0.15, 0.2) is 0 Å². The molecule has 1 amide bonds. The van der Waals surface area contributed by atoms with Crippen LogP contribution in [0, 0.1) is 5.82 Å². The van der Waals surface area contributed by atoms with Gasteiger partial charge < -0.3 is 14.8 Å². The van der Waals surface area contributed by atoms with Crippen LogP contribution in [0.5, 0.6) is 0 Å². The first-order valence-electron chi connectivity index (χ1n) is 7.25. The second-order valence-corrected chi connectivity index (χ2v) is 5.82. The molecule has 0 heterocycles. The SMILES string of the molecule is COC(=O)c1cccc(C=CCCNC(=O)OC(C)(C)C)c1F. The van der Waals surface area contributed by atoms with Crippen molar-refractivity contribution >= 4 is 18.1 Å². The molecule has 0 atom stereocenters. The van der Waals surface area contributed by atoms with Gasteiger partial charge >= 0.3 is 12.1 Å². The van der Waals surface area contributed by atoms with Crippen molar-refractivity contribution in [1.82, 2.24) is 5.32 Å². The first kappa shape index (κ1) is 18.7. The Morgan fingerprint density at radius 3 is 2.61 bits per heavy atom. The Hall–Kier alpha value is -2.37. The van der Waals surface area contributed by atoms with E-state index in [2.05, 4.69) is 10.1 Å². The third kappa shape index (κ3) is 6.50. The predicted octanol–water partition coefficient (Wildman–Crippen LogP) is 3.54. The van der Waals surface area contributed by atoms with Crippen LogP contribution in [-0.2, 0) is 9.47 Å². The monoisotopic (exact) mass is 323 g/mol. The maximum atomic E-state index is 14.1. The summed E-state index contributed by atoms with van der Waals surface area (Å²) in [5, 5.41) is 2.60. The number of halogens is 1. The molecule has 1 N–H and O–H groups in total. The number of benzene rings is 1. The number of methoxy groups -OCH3 is 1. The molecule has 0 aromatic heterocycles. The first-order valence-corrected chi connectivity index (χ1v) is 7.25. The number of alkyl carbamates (subject to hydrolysis) is 1. The highest BCUT2D eigenvalue weighted by atomic mass is 19.1. The molecular formula is C17H22FNO4. The minimum absolute atomic E-state index is 0.110. The van der Waals surface area contributed by atoms with Gasteiger partial charge in [-0.15, -0.1) is 0 Å². The molecule has 0 bridgehead atoms. The molecule has 23 heavy (non-hydrogen) atoms. The highest BCUT2D eigenvalue weighted by Crippen LogP contribution is 2.15. The van der Waals surface area contributed by atoms with Crippen LogP contribution in [-0.4, -0.2) is 31.3 Å². The topological polar surface area (TPSA) is 64.6 Å². The Balaban J connectivity index is 2.53.